The van der Waals surface area contributed by atoms with E-state index >= 15 is 0 Å². The number of phosphoric acid groups is 2. The normalized spacial score (nSPS) is 28.5. The minimum atomic E-state index is -5.78. The van der Waals surface area contributed by atoms with E-state index in [4.69, 9.17) is 46.5 Å². The summed E-state index contributed by atoms with van der Waals surface area (Å²) in [6, 6.07) is 2.79. The number of nitrogens with one attached hydrogen (secondary N) is 3. The Balaban J connectivity index is 0.00000988. The number of aromatic amines is 3. The first-order valence-corrected chi connectivity index (χ1v) is 24.8. The average molecular weight is 1080 g/mol. The molecule has 6 N–H and O–H groups in total. The van der Waals surface area contributed by atoms with Crippen molar-refractivity contribution in [2.45, 2.75) is 121 Å². The zero-order valence-corrected chi connectivity index (χ0v) is 40.1. The molecule has 33 heteroatoms. The fourth-order valence-electron chi connectivity index (χ4n) is 7.61. The van der Waals surface area contributed by atoms with Crippen LogP contribution < -0.4 is 38.6 Å². The Hall–Kier alpha value is -5.05. The molecule has 0 bridgehead atoms. The molecule has 0 radical (unpaired) electrons. The largest absolute Gasteiger partial charge is 0.756 e. The zero-order chi connectivity index (χ0) is 52.7. The number of carbonyl (C=O) groups excluding carboxylic acids is 3. The van der Waals surface area contributed by atoms with Crippen LogP contribution in [0.1, 0.15) is 66.1 Å². The molecule has 31 nitrogen and oxygen atoms in total. The second-order valence-electron chi connectivity index (χ2n) is 16.4. The molecule has 0 aromatic carbocycles. The lowest BCUT2D eigenvalue weighted by Gasteiger charge is -2.32. The van der Waals surface area contributed by atoms with Crippen LogP contribution in [-0.2, 0) is 70.0 Å². The van der Waals surface area contributed by atoms with Crippen molar-refractivity contribution in [1.29, 1.82) is 0 Å². The quantitative estimate of drug-likeness (QED) is 0.0431. The van der Waals surface area contributed by atoms with Crippen molar-refractivity contribution >= 4 is 33.0 Å². The smallest absolute Gasteiger partial charge is 0.472 e. The van der Waals surface area contributed by atoms with E-state index in [1.165, 1.54) is 20.8 Å². The monoisotopic (exact) mass is 1080 g/mol. The summed E-state index contributed by atoms with van der Waals surface area (Å²) in [5, 5.41) is 21.5. The number of aliphatic hydroxyl groups is 2. The van der Waals surface area contributed by atoms with E-state index in [0.29, 0.717) is 0 Å². The van der Waals surface area contributed by atoms with Gasteiger partial charge in [0.05, 0.1) is 39.6 Å². The number of rotatable bonds is 26. The molecule has 0 saturated carbocycles. The molecule has 3 aliphatic heterocycles. The summed E-state index contributed by atoms with van der Waals surface area (Å²) in [6.07, 6.45) is -17.9. The van der Waals surface area contributed by atoms with Crippen molar-refractivity contribution in [2.75, 3.05) is 39.6 Å². The minimum absolute atomic E-state index is 0. The van der Waals surface area contributed by atoms with Gasteiger partial charge in [0.2, 0.25) is 0 Å². The van der Waals surface area contributed by atoms with Gasteiger partial charge in [-0.05, 0) is 20.8 Å². The maximum Gasteiger partial charge on any atom is 0.472 e. The van der Waals surface area contributed by atoms with Gasteiger partial charge in [-0.2, -0.15) is 0 Å². The van der Waals surface area contributed by atoms with Crippen LogP contribution in [0, 0.1) is 0 Å². The molecule has 406 valence electrons. The van der Waals surface area contributed by atoms with Gasteiger partial charge in [-0.15, -0.1) is 0 Å². The highest BCUT2D eigenvalue weighted by Gasteiger charge is 2.53. The molecule has 73 heavy (non-hydrogen) atoms. The number of carbonyl (C=O) groups is 3. The molecule has 3 aliphatic rings. The van der Waals surface area contributed by atoms with Gasteiger partial charge in [0.15, 0.2) is 18.7 Å². The zero-order valence-electron chi connectivity index (χ0n) is 38.3. The molecule has 6 heterocycles. The second kappa shape index (κ2) is 25.5. The van der Waals surface area contributed by atoms with E-state index < -0.39 is 155 Å². The first-order chi connectivity index (χ1) is 34.0. The number of phosphoric ester groups is 2. The predicted octanol–water partition coefficient (Wildman–Crippen LogP) is -3.22. The molecular weight excluding hydrogens is 1030 g/mol. The lowest BCUT2D eigenvalue weighted by Crippen LogP contribution is -2.42. The summed E-state index contributed by atoms with van der Waals surface area (Å²) in [5.41, 5.74) is -5.60. The molecule has 0 amide bonds. The van der Waals surface area contributed by atoms with Crippen LogP contribution in [0.25, 0.3) is 0 Å². The lowest BCUT2D eigenvalue weighted by atomic mass is 10.1. The number of aliphatic hydroxyl groups excluding tert-OH is 2. The average Bonchev–Trinajstić information content (AvgIpc) is 3.91. The number of hydrogen-bond acceptors (Lipinski definition) is 24. The van der Waals surface area contributed by atoms with Crippen molar-refractivity contribution in [3.05, 3.63) is 99.3 Å². The van der Waals surface area contributed by atoms with Crippen molar-refractivity contribution in [2.24, 2.45) is 0 Å². The van der Waals surface area contributed by atoms with E-state index in [0.717, 1.165) is 50.5 Å². The van der Waals surface area contributed by atoms with Crippen molar-refractivity contribution in [1.82, 2.24) is 28.7 Å². The van der Waals surface area contributed by atoms with Gasteiger partial charge in [-0.3, -0.25) is 71.0 Å². The Morgan fingerprint density at radius 1 is 0.603 bits per heavy atom. The van der Waals surface area contributed by atoms with E-state index in [1.54, 1.807) is 0 Å². The second-order valence-corrected chi connectivity index (χ2v) is 19.2. The molecule has 3 aromatic rings. The highest BCUT2D eigenvalue weighted by atomic mass is 31.2. The number of hydrogen-bond donors (Lipinski definition) is 6. The summed E-state index contributed by atoms with van der Waals surface area (Å²) >= 11 is 0. The van der Waals surface area contributed by atoms with Crippen LogP contribution in [0.5, 0.6) is 0 Å². The molecule has 14 atom stereocenters. The number of ether oxygens (including phenoxy) is 6. The third-order valence-corrected chi connectivity index (χ3v) is 13.0. The summed E-state index contributed by atoms with van der Waals surface area (Å²) in [7, 11) is -11.3. The third-order valence-electron chi connectivity index (χ3n) is 11.0. The van der Waals surface area contributed by atoms with Crippen LogP contribution in [0.2, 0.25) is 0 Å². The predicted molar refractivity (Wildman–Crippen MR) is 240 cm³/mol. The number of ketones is 3. The fraction of sp³-hybridized carbons (Fsp3) is 0.625. The number of nitrogens with zero attached hydrogens (tertiary/aromatic N) is 3. The summed E-state index contributed by atoms with van der Waals surface area (Å²) in [6.45, 7) is -0.550. The van der Waals surface area contributed by atoms with Gasteiger partial charge in [0, 0.05) is 56.1 Å². The number of H-pyrrole nitrogens is 3. The van der Waals surface area contributed by atoms with Gasteiger partial charge >= 0.3 is 24.9 Å². The maximum absolute atomic E-state index is 13.9. The topological polar surface area (TPSA) is 426 Å². The highest BCUT2D eigenvalue weighted by molar-refractivity contribution is 7.47. The summed E-state index contributed by atoms with van der Waals surface area (Å²) in [4.78, 5) is 141. The van der Waals surface area contributed by atoms with E-state index in [2.05, 4.69) is 0 Å². The van der Waals surface area contributed by atoms with Gasteiger partial charge in [0.1, 0.15) is 72.3 Å². The Kier molecular flexibility index (Phi) is 20.5. The van der Waals surface area contributed by atoms with Crippen molar-refractivity contribution < 1.29 is 90.0 Å². The highest BCUT2D eigenvalue weighted by Crippen LogP contribution is 2.51. The first kappa shape index (κ1) is 58.8. The molecule has 3 aromatic heterocycles. The summed E-state index contributed by atoms with van der Waals surface area (Å²) < 4.78 is 86.2. The van der Waals surface area contributed by atoms with Crippen LogP contribution in [0.15, 0.2) is 65.6 Å². The van der Waals surface area contributed by atoms with E-state index in [9.17, 15) is 72.3 Å². The molecule has 5 unspecified atom stereocenters. The molecule has 3 saturated heterocycles. The number of aromatic nitrogens is 6. The Morgan fingerprint density at radius 2 is 0.973 bits per heavy atom. The SMILES string of the molecule is C.CC(=O)CCOC1[C@@H](O)[C@@H](COP(=O)([O-])O[C@@H]2C(OCCC(C)=O)[C@H](n3ccc(=O)[nH]c3=O)O[C@@H]2COP(=O)(O)O[C@@H]2C(OCCC(C)=O)[C@H](n3ccc(=O)[nH]c3=O)O[C@@H]2CO)O[C@H]1n1ccc(=O)[nH]c1=O. The summed E-state index contributed by atoms with van der Waals surface area (Å²) in [5.74, 6) is -1.05. The lowest BCUT2D eigenvalue weighted by molar-refractivity contribution is -0.237. The first-order valence-electron chi connectivity index (χ1n) is 21.8. The van der Waals surface area contributed by atoms with E-state index in [-0.39, 0.29) is 51.5 Å². The van der Waals surface area contributed by atoms with Crippen LogP contribution in [0.4, 0.5) is 0 Å². The molecule has 0 aliphatic carbocycles. The molecule has 3 fully saturated rings. The van der Waals surface area contributed by atoms with Crippen LogP contribution in [0.3, 0.4) is 0 Å². The van der Waals surface area contributed by atoms with Gasteiger partial charge in [-0.25, -0.2) is 18.9 Å². The van der Waals surface area contributed by atoms with Crippen LogP contribution >= 0.6 is 15.6 Å². The van der Waals surface area contributed by atoms with E-state index in [1.807, 2.05) is 15.0 Å². The van der Waals surface area contributed by atoms with Crippen molar-refractivity contribution in [3.63, 3.8) is 0 Å². The Morgan fingerprint density at radius 3 is 1.38 bits per heavy atom. The minimum Gasteiger partial charge on any atom is -0.756 e. The van der Waals surface area contributed by atoms with Gasteiger partial charge in [-0.1, -0.05) is 7.43 Å². The van der Waals surface area contributed by atoms with Crippen LogP contribution in [-0.4, -0.2) is 156 Å². The third kappa shape index (κ3) is 15.3. The fourth-order valence-corrected chi connectivity index (χ4v) is 9.51. The van der Waals surface area contributed by atoms with Gasteiger partial charge < -0.3 is 57.5 Å². The molecule has 6 rings (SSSR count). The maximum atomic E-state index is 13.9. The molecular formula is C40H55N6O25P2-. The Labute approximate surface area is 411 Å². The number of Topliss-reactive ketones (excluding diaryl/α,β-unsaturated/α-hetero) is 3. The van der Waals surface area contributed by atoms with Gasteiger partial charge in [0.25, 0.3) is 24.5 Å². The Bertz CT molecular complexity index is 2880. The standard InChI is InChI=1S/C39H52N6O25P2.CH4/c1-19(47)7-13-61-31-28(53)23(67-34(31)43-10-4-25(50)40-37(43)54)17-64-71(57,58)70-30-24(68-36(33(30)63-15-9-21(3)49)45-12-6-27(52)42-39(45)56)18-65-72(59,60)69-29-22(16-46)66-35(32(29)62-14-8-20(2)48)44-11-5-26(51)41-38(44)55;/h4-6,10-12,22-24,28-36,46,53H,7-9,13-18H2,1-3H3,(H,57,58)(H,59,60)(H,40,50,54)(H,41,51,55)(H,42,52,56);1H4/p-1/t22-,23-,24-,28+,29+,30+,31?,32?,33?,34-,35-,36-;/m1./s1. The van der Waals surface area contributed by atoms with Crippen molar-refractivity contribution in [3.8, 4) is 0 Å². The molecule has 0 spiro atoms.